The molecule has 0 bridgehead atoms. The zero-order valence-corrected chi connectivity index (χ0v) is 17.7. The summed E-state index contributed by atoms with van der Waals surface area (Å²) < 4.78 is 5.75. The summed E-state index contributed by atoms with van der Waals surface area (Å²) >= 11 is 1.39. The van der Waals surface area contributed by atoms with E-state index in [1.165, 1.54) is 23.5 Å². The van der Waals surface area contributed by atoms with Gasteiger partial charge in [0.2, 0.25) is 0 Å². The van der Waals surface area contributed by atoms with E-state index in [2.05, 4.69) is 9.97 Å². The van der Waals surface area contributed by atoms with Gasteiger partial charge in [0, 0.05) is 17.0 Å². The fraction of sp³-hybridized carbons (Fsp3) is 0.136. The molecule has 8 nitrogen and oxygen atoms in total. The Bertz CT molecular complexity index is 1480. The zero-order chi connectivity index (χ0) is 22.3. The van der Waals surface area contributed by atoms with E-state index in [4.69, 9.17) is 4.42 Å². The third-order valence-corrected chi connectivity index (χ3v) is 6.04. The third kappa shape index (κ3) is 3.65. The summed E-state index contributed by atoms with van der Waals surface area (Å²) in [7, 11) is 0. The summed E-state index contributed by atoms with van der Waals surface area (Å²) in [5.74, 6) is 0.750. The highest BCUT2D eigenvalue weighted by Gasteiger charge is 2.19. The first kappa shape index (κ1) is 20.3. The molecule has 0 aliphatic heterocycles. The van der Waals surface area contributed by atoms with Crippen LogP contribution in [-0.2, 0) is 0 Å². The molecule has 0 amide bonds. The van der Waals surface area contributed by atoms with E-state index in [9.17, 15) is 20.2 Å². The van der Waals surface area contributed by atoms with Gasteiger partial charge in [0.15, 0.2) is 5.82 Å². The summed E-state index contributed by atoms with van der Waals surface area (Å²) in [5, 5.41) is 21.5. The Balaban J connectivity index is 1.77. The number of nitrogens with zero attached hydrogens (tertiary/aromatic N) is 3. The molecule has 3 heterocycles. The second kappa shape index (κ2) is 7.66. The van der Waals surface area contributed by atoms with Crippen LogP contribution in [-0.4, -0.2) is 14.9 Å². The van der Waals surface area contributed by atoms with Gasteiger partial charge in [-0.15, -0.1) is 11.3 Å². The minimum Gasteiger partial charge on any atom is -0.456 e. The number of allylic oxidation sites excluding steroid dienone is 1. The largest absolute Gasteiger partial charge is 0.456 e. The average Bonchev–Trinajstić information content (AvgIpc) is 3.30. The molecule has 1 N–H and O–H groups in total. The first-order chi connectivity index (χ1) is 14.8. The minimum atomic E-state index is -0.462. The zero-order valence-electron chi connectivity index (χ0n) is 16.8. The van der Waals surface area contributed by atoms with E-state index in [1.54, 1.807) is 31.2 Å². The van der Waals surface area contributed by atoms with Crippen molar-refractivity contribution < 1.29 is 9.34 Å². The highest BCUT2D eigenvalue weighted by molar-refractivity contribution is 7.18. The van der Waals surface area contributed by atoms with Gasteiger partial charge in [-0.2, -0.15) is 5.26 Å². The lowest BCUT2D eigenvalue weighted by atomic mass is 10.1. The summed E-state index contributed by atoms with van der Waals surface area (Å²) in [6, 6.07) is 10.1. The van der Waals surface area contributed by atoms with Crippen LogP contribution < -0.4 is 5.56 Å². The van der Waals surface area contributed by atoms with Crippen molar-refractivity contribution in [3.05, 3.63) is 78.4 Å². The summed E-state index contributed by atoms with van der Waals surface area (Å²) in [4.78, 5) is 32.1. The first-order valence-electron chi connectivity index (χ1n) is 9.26. The molecule has 0 saturated heterocycles. The minimum absolute atomic E-state index is 0.0646. The van der Waals surface area contributed by atoms with Gasteiger partial charge in [-0.1, -0.05) is 6.07 Å². The standard InChI is InChI=1S/C22H16N4O4S/c1-11-4-6-16(17(8-11)26(28)29)18-7-5-15(30-18)9-14(10-23)20-24-21(27)19-12(2)13(3)31-22(19)25-20/h4-9H,1-3H3,(H,24,25,27). The molecule has 0 unspecified atom stereocenters. The predicted octanol–water partition coefficient (Wildman–Crippen LogP) is 5.14. The number of aromatic nitrogens is 2. The SMILES string of the molecule is Cc1ccc(-c2ccc(C=C(C#N)c3nc4sc(C)c(C)c4c(=O)[nH]3)o2)c([N+](=O)[O-])c1. The average molecular weight is 432 g/mol. The van der Waals surface area contributed by atoms with Gasteiger partial charge in [0.25, 0.3) is 11.2 Å². The summed E-state index contributed by atoms with van der Waals surface area (Å²) in [6.45, 7) is 5.55. The first-order valence-corrected chi connectivity index (χ1v) is 10.1. The number of furan rings is 1. The Morgan fingerprint density at radius 2 is 2.06 bits per heavy atom. The van der Waals surface area contributed by atoms with Gasteiger partial charge in [-0.05, 0) is 50.1 Å². The van der Waals surface area contributed by atoms with Gasteiger partial charge >= 0.3 is 0 Å². The molecule has 4 aromatic rings. The quantitative estimate of drug-likeness (QED) is 0.270. The number of benzene rings is 1. The molecule has 154 valence electrons. The number of rotatable bonds is 4. The van der Waals surface area contributed by atoms with Gasteiger partial charge in [-0.3, -0.25) is 14.9 Å². The Morgan fingerprint density at radius 1 is 1.29 bits per heavy atom. The van der Waals surface area contributed by atoms with Crippen molar-refractivity contribution in [3.8, 4) is 17.4 Å². The van der Waals surface area contributed by atoms with E-state index >= 15 is 0 Å². The second-order valence-corrected chi connectivity index (χ2v) is 8.23. The number of nitriles is 1. The van der Waals surface area contributed by atoms with Crippen LogP contribution in [0.5, 0.6) is 0 Å². The van der Waals surface area contributed by atoms with Crippen LogP contribution in [0.1, 0.15) is 27.6 Å². The maximum atomic E-state index is 12.5. The highest BCUT2D eigenvalue weighted by Crippen LogP contribution is 2.33. The van der Waals surface area contributed by atoms with Gasteiger partial charge in [0.05, 0.1) is 21.4 Å². The van der Waals surface area contributed by atoms with Crippen LogP contribution in [0.4, 0.5) is 5.69 Å². The molecule has 0 fully saturated rings. The van der Waals surface area contributed by atoms with Gasteiger partial charge < -0.3 is 9.40 Å². The molecular weight excluding hydrogens is 416 g/mol. The molecule has 0 aliphatic carbocycles. The monoisotopic (exact) mass is 432 g/mol. The smallest absolute Gasteiger partial charge is 0.280 e. The van der Waals surface area contributed by atoms with Crippen LogP contribution in [0, 0.1) is 42.2 Å². The fourth-order valence-electron chi connectivity index (χ4n) is 3.25. The van der Waals surface area contributed by atoms with Crippen LogP contribution in [0.25, 0.3) is 33.2 Å². The maximum Gasteiger partial charge on any atom is 0.280 e. The van der Waals surface area contributed by atoms with E-state index in [1.807, 2.05) is 19.9 Å². The fourth-order valence-corrected chi connectivity index (χ4v) is 4.28. The number of nitrogens with one attached hydrogen (secondary N) is 1. The molecule has 0 radical (unpaired) electrons. The third-order valence-electron chi connectivity index (χ3n) is 4.94. The summed E-state index contributed by atoms with van der Waals surface area (Å²) in [5.41, 5.74) is 1.72. The van der Waals surface area contributed by atoms with Crippen LogP contribution in [0.3, 0.4) is 0 Å². The Hall–Kier alpha value is -4.03. The molecule has 3 aromatic heterocycles. The lowest BCUT2D eigenvalue weighted by molar-refractivity contribution is -0.384. The van der Waals surface area contributed by atoms with Crippen molar-refractivity contribution in [1.82, 2.24) is 9.97 Å². The van der Waals surface area contributed by atoms with E-state index < -0.39 is 4.92 Å². The lowest BCUT2D eigenvalue weighted by Crippen LogP contribution is -2.10. The number of fused-ring (bicyclic) bond motifs is 1. The molecule has 0 aliphatic rings. The van der Waals surface area contributed by atoms with E-state index in [0.29, 0.717) is 27.3 Å². The topological polar surface area (TPSA) is 126 Å². The lowest BCUT2D eigenvalue weighted by Gasteiger charge is -2.01. The normalized spacial score (nSPS) is 11.6. The van der Waals surface area contributed by atoms with Gasteiger partial charge in [0.1, 0.15) is 22.4 Å². The maximum absolute atomic E-state index is 12.5. The Labute approximate surface area is 180 Å². The Morgan fingerprint density at radius 3 is 2.77 bits per heavy atom. The van der Waals surface area contributed by atoms with E-state index in [0.717, 1.165) is 16.0 Å². The predicted molar refractivity (Wildman–Crippen MR) is 119 cm³/mol. The highest BCUT2D eigenvalue weighted by atomic mass is 32.1. The molecular formula is C22H16N4O4S. The number of nitro groups is 1. The molecule has 0 atom stereocenters. The Kier molecular flexibility index (Phi) is 5.01. The van der Waals surface area contributed by atoms with Crippen molar-refractivity contribution in [3.63, 3.8) is 0 Å². The number of H-pyrrole nitrogens is 1. The molecule has 31 heavy (non-hydrogen) atoms. The van der Waals surface area contributed by atoms with Gasteiger partial charge in [-0.25, -0.2) is 4.98 Å². The van der Waals surface area contributed by atoms with Crippen molar-refractivity contribution in [1.29, 1.82) is 5.26 Å². The molecule has 1 aromatic carbocycles. The van der Waals surface area contributed by atoms with E-state index in [-0.39, 0.29) is 22.6 Å². The molecule has 4 rings (SSSR count). The molecule has 0 spiro atoms. The van der Waals surface area contributed by atoms with Crippen LogP contribution in [0.15, 0.2) is 39.5 Å². The molecule has 9 heteroatoms. The second-order valence-electron chi connectivity index (χ2n) is 7.03. The number of aryl methyl sites for hydroxylation is 3. The summed E-state index contributed by atoms with van der Waals surface area (Å²) in [6.07, 6.45) is 1.45. The van der Waals surface area contributed by atoms with Crippen molar-refractivity contribution in [2.45, 2.75) is 20.8 Å². The number of hydrogen-bond donors (Lipinski definition) is 1. The number of hydrogen-bond acceptors (Lipinski definition) is 7. The van der Waals surface area contributed by atoms with Crippen molar-refractivity contribution in [2.75, 3.05) is 0 Å². The number of thiophene rings is 1. The van der Waals surface area contributed by atoms with Crippen molar-refractivity contribution >= 4 is 38.9 Å². The number of nitro benzene ring substituents is 1. The number of aromatic amines is 1. The van der Waals surface area contributed by atoms with Crippen LogP contribution >= 0.6 is 11.3 Å². The van der Waals surface area contributed by atoms with Crippen LogP contribution in [0.2, 0.25) is 0 Å². The van der Waals surface area contributed by atoms with Crippen molar-refractivity contribution in [2.24, 2.45) is 0 Å². The molecule has 0 saturated carbocycles.